The number of halogens is 1. The van der Waals surface area contributed by atoms with E-state index in [1.165, 1.54) is 4.90 Å². The lowest BCUT2D eigenvalue weighted by Crippen LogP contribution is -2.92. The molecule has 108 valence electrons. The van der Waals surface area contributed by atoms with Crippen molar-refractivity contribution in [3.05, 3.63) is 34.9 Å². The average molecular weight is 297 g/mol. The highest BCUT2D eigenvalue weighted by Crippen LogP contribution is 2.15. The Bertz CT molecular complexity index is 521. The Kier molecular flexibility index (Phi) is 4.62. The van der Waals surface area contributed by atoms with Gasteiger partial charge >= 0.3 is 6.03 Å². The second-order valence-electron chi connectivity index (χ2n) is 5.05. The Morgan fingerprint density at radius 2 is 2.20 bits per heavy atom. The standard InChI is InChI=1S/C14H18ClN3O2/c1-9(11-4-3-5-12(15)8-11)17-10(2)13(19)18-7-6-16-14(18)20/h3-5,8-10,17H,6-7H2,1-2H3,(H,16,20)/p+1/t9-,10-/m1/s1. The number of amides is 3. The van der Waals surface area contributed by atoms with Crippen molar-refractivity contribution in [1.82, 2.24) is 10.2 Å². The van der Waals surface area contributed by atoms with Crippen LogP contribution in [0.25, 0.3) is 0 Å². The molecule has 1 aliphatic rings. The van der Waals surface area contributed by atoms with Gasteiger partial charge in [0.2, 0.25) is 0 Å². The number of benzene rings is 1. The second kappa shape index (κ2) is 6.24. The monoisotopic (exact) mass is 296 g/mol. The van der Waals surface area contributed by atoms with Crippen LogP contribution in [0.5, 0.6) is 0 Å². The van der Waals surface area contributed by atoms with Crippen LogP contribution in [0.4, 0.5) is 4.79 Å². The van der Waals surface area contributed by atoms with Crippen molar-refractivity contribution in [3.8, 4) is 0 Å². The number of urea groups is 1. The van der Waals surface area contributed by atoms with Crippen molar-refractivity contribution in [2.24, 2.45) is 0 Å². The Morgan fingerprint density at radius 1 is 1.45 bits per heavy atom. The molecule has 0 saturated carbocycles. The lowest BCUT2D eigenvalue weighted by atomic mass is 10.1. The number of quaternary nitrogens is 1. The molecule has 2 rings (SSSR count). The summed E-state index contributed by atoms with van der Waals surface area (Å²) in [5.74, 6) is -0.158. The number of rotatable bonds is 4. The molecular weight excluding hydrogens is 278 g/mol. The van der Waals surface area contributed by atoms with E-state index < -0.39 is 0 Å². The first-order chi connectivity index (χ1) is 9.49. The van der Waals surface area contributed by atoms with E-state index in [2.05, 4.69) is 5.32 Å². The average Bonchev–Trinajstić information content (AvgIpc) is 2.84. The Hall–Kier alpha value is -1.59. The molecule has 1 aliphatic heterocycles. The molecule has 1 aromatic carbocycles. The van der Waals surface area contributed by atoms with E-state index in [4.69, 9.17) is 11.6 Å². The smallest absolute Gasteiger partial charge is 0.324 e. The predicted octanol–water partition coefficient (Wildman–Crippen LogP) is 0.905. The molecule has 0 unspecified atom stereocenters. The minimum absolute atomic E-state index is 0.0957. The van der Waals surface area contributed by atoms with Crippen LogP contribution < -0.4 is 10.6 Å². The fourth-order valence-electron chi connectivity index (χ4n) is 2.34. The summed E-state index contributed by atoms with van der Waals surface area (Å²) in [5, 5.41) is 5.26. The summed E-state index contributed by atoms with van der Waals surface area (Å²) in [5.41, 5.74) is 1.06. The molecule has 1 heterocycles. The van der Waals surface area contributed by atoms with Gasteiger partial charge in [0, 0.05) is 23.7 Å². The number of nitrogens with one attached hydrogen (secondary N) is 1. The fraction of sp³-hybridized carbons (Fsp3) is 0.429. The third-order valence-electron chi connectivity index (χ3n) is 3.46. The van der Waals surface area contributed by atoms with Crippen LogP contribution in [-0.2, 0) is 4.79 Å². The maximum Gasteiger partial charge on any atom is 0.324 e. The van der Waals surface area contributed by atoms with Gasteiger partial charge in [-0.3, -0.25) is 9.69 Å². The molecule has 20 heavy (non-hydrogen) atoms. The van der Waals surface area contributed by atoms with Crippen LogP contribution in [0.2, 0.25) is 5.02 Å². The number of hydrogen-bond acceptors (Lipinski definition) is 2. The van der Waals surface area contributed by atoms with Gasteiger partial charge in [0.1, 0.15) is 6.04 Å². The summed E-state index contributed by atoms with van der Waals surface area (Å²) >= 11 is 5.97. The zero-order valence-corrected chi connectivity index (χ0v) is 12.4. The quantitative estimate of drug-likeness (QED) is 0.867. The number of carbonyl (C=O) groups excluding carboxylic acids is 2. The highest BCUT2D eigenvalue weighted by molar-refractivity contribution is 6.30. The van der Waals surface area contributed by atoms with Gasteiger partial charge in [-0.15, -0.1) is 0 Å². The van der Waals surface area contributed by atoms with Gasteiger partial charge in [-0.1, -0.05) is 23.7 Å². The zero-order valence-electron chi connectivity index (χ0n) is 11.6. The summed E-state index contributed by atoms with van der Waals surface area (Å²) < 4.78 is 0. The lowest BCUT2D eigenvalue weighted by Gasteiger charge is -2.20. The second-order valence-corrected chi connectivity index (χ2v) is 5.48. The molecule has 3 N–H and O–H groups in total. The third-order valence-corrected chi connectivity index (χ3v) is 3.70. The first-order valence-corrected chi connectivity index (χ1v) is 7.06. The lowest BCUT2D eigenvalue weighted by molar-refractivity contribution is -0.710. The van der Waals surface area contributed by atoms with Crippen LogP contribution in [0.3, 0.4) is 0 Å². The topological polar surface area (TPSA) is 66.0 Å². The molecule has 0 aromatic heterocycles. The molecule has 0 spiro atoms. The van der Waals surface area contributed by atoms with Crippen LogP contribution in [0.15, 0.2) is 24.3 Å². The van der Waals surface area contributed by atoms with Crippen molar-refractivity contribution >= 4 is 23.5 Å². The van der Waals surface area contributed by atoms with E-state index in [-0.39, 0.29) is 24.0 Å². The van der Waals surface area contributed by atoms with E-state index in [1.54, 1.807) is 0 Å². The van der Waals surface area contributed by atoms with Crippen molar-refractivity contribution in [1.29, 1.82) is 0 Å². The molecule has 2 atom stereocenters. The normalized spacial score (nSPS) is 17.8. The SMILES string of the molecule is C[C@@H]([NH2+][C@H](C)c1cccc(Cl)c1)C(=O)N1CCNC1=O. The van der Waals surface area contributed by atoms with Crippen LogP contribution in [0.1, 0.15) is 25.5 Å². The van der Waals surface area contributed by atoms with Crippen molar-refractivity contribution < 1.29 is 14.9 Å². The Balaban J connectivity index is 1.98. The van der Waals surface area contributed by atoms with Gasteiger partial charge < -0.3 is 10.6 Å². The first kappa shape index (κ1) is 14.8. The number of imide groups is 1. The summed E-state index contributed by atoms with van der Waals surface area (Å²) in [6.07, 6.45) is 0. The van der Waals surface area contributed by atoms with Gasteiger partial charge in [0.15, 0.2) is 6.04 Å². The van der Waals surface area contributed by atoms with Crippen LogP contribution in [0, 0.1) is 0 Å². The highest BCUT2D eigenvalue weighted by atomic mass is 35.5. The minimum Gasteiger partial charge on any atom is -0.336 e. The number of nitrogens with two attached hydrogens (primary N) is 1. The van der Waals surface area contributed by atoms with Gasteiger partial charge in [-0.25, -0.2) is 4.79 Å². The largest absolute Gasteiger partial charge is 0.336 e. The van der Waals surface area contributed by atoms with E-state index in [0.29, 0.717) is 18.1 Å². The minimum atomic E-state index is -0.312. The molecule has 3 amide bonds. The number of carbonyl (C=O) groups is 2. The maximum atomic E-state index is 12.2. The van der Waals surface area contributed by atoms with Crippen molar-refractivity contribution in [2.75, 3.05) is 13.1 Å². The van der Waals surface area contributed by atoms with Crippen molar-refractivity contribution in [3.63, 3.8) is 0 Å². The summed E-state index contributed by atoms with van der Waals surface area (Å²) in [6.45, 7) is 4.80. The Labute approximate surface area is 123 Å². The number of nitrogens with zero attached hydrogens (tertiary/aromatic N) is 1. The maximum absolute atomic E-state index is 12.2. The molecule has 6 heteroatoms. The molecule has 0 aliphatic carbocycles. The van der Waals surface area contributed by atoms with Crippen molar-refractivity contribution in [2.45, 2.75) is 25.9 Å². The highest BCUT2D eigenvalue weighted by Gasteiger charge is 2.32. The molecule has 5 nitrogen and oxygen atoms in total. The third kappa shape index (κ3) is 3.29. The Morgan fingerprint density at radius 3 is 2.80 bits per heavy atom. The van der Waals surface area contributed by atoms with Gasteiger partial charge in [-0.2, -0.15) is 0 Å². The molecule has 1 aromatic rings. The van der Waals surface area contributed by atoms with Crippen LogP contribution >= 0.6 is 11.6 Å². The molecular formula is C14H19ClN3O2+. The summed E-state index contributed by atoms with van der Waals surface area (Å²) in [7, 11) is 0. The van der Waals surface area contributed by atoms with Gasteiger partial charge in [-0.05, 0) is 26.0 Å². The van der Waals surface area contributed by atoms with E-state index in [0.717, 1.165) is 5.56 Å². The first-order valence-electron chi connectivity index (χ1n) is 6.68. The fourth-order valence-corrected chi connectivity index (χ4v) is 2.54. The van der Waals surface area contributed by atoms with Gasteiger partial charge in [0.05, 0.1) is 0 Å². The zero-order chi connectivity index (χ0) is 14.7. The van der Waals surface area contributed by atoms with E-state index in [9.17, 15) is 9.59 Å². The van der Waals surface area contributed by atoms with E-state index >= 15 is 0 Å². The molecule has 0 bridgehead atoms. The summed E-state index contributed by atoms with van der Waals surface area (Å²) in [6, 6.07) is 7.07. The molecule has 0 radical (unpaired) electrons. The van der Waals surface area contributed by atoms with E-state index in [1.807, 2.05) is 43.4 Å². The number of hydrogen-bond donors (Lipinski definition) is 2. The van der Waals surface area contributed by atoms with Crippen LogP contribution in [-0.4, -0.2) is 36.0 Å². The molecule has 1 saturated heterocycles. The summed E-state index contributed by atoms with van der Waals surface area (Å²) in [4.78, 5) is 25.0. The van der Waals surface area contributed by atoms with Gasteiger partial charge in [0.25, 0.3) is 5.91 Å². The predicted molar refractivity (Wildman–Crippen MR) is 76.4 cm³/mol. The molecule has 1 fully saturated rings.